The topological polar surface area (TPSA) is 120 Å². The number of nitrogens with two attached hydrogens (primary N) is 1. The summed E-state index contributed by atoms with van der Waals surface area (Å²) in [7, 11) is -3.78. The Kier molecular flexibility index (Phi) is 3.47. The highest BCUT2D eigenvalue weighted by Crippen LogP contribution is 2.28. The molecule has 1 amide bonds. The van der Waals surface area contributed by atoms with E-state index in [-0.39, 0.29) is 5.75 Å². The smallest absolute Gasteiger partial charge is 0.300 e. The summed E-state index contributed by atoms with van der Waals surface area (Å²) in [4.78, 5) is 20.5. The van der Waals surface area contributed by atoms with Crippen LogP contribution in [-0.4, -0.2) is 25.0 Å². The monoisotopic (exact) mass is 258 g/mol. The summed E-state index contributed by atoms with van der Waals surface area (Å²) < 4.78 is 23.3. The van der Waals surface area contributed by atoms with E-state index in [0.717, 1.165) is 12.1 Å². The lowest BCUT2D eigenvalue weighted by atomic mass is 10.2. The maximum absolute atomic E-state index is 11.6. The zero-order valence-corrected chi connectivity index (χ0v) is 9.73. The van der Waals surface area contributed by atoms with Gasteiger partial charge in [0.05, 0.1) is 10.7 Å². The van der Waals surface area contributed by atoms with Gasteiger partial charge in [-0.3, -0.25) is 14.9 Å². The third-order valence-corrected chi connectivity index (χ3v) is 3.92. The Morgan fingerprint density at radius 3 is 2.47 bits per heavy atom. The zero-order chi connectivity index (χ0) is 13.2. The van der Waals surface area contributed by atoms with E-state index < -0.39 is 36.8 Å². The molecule has 0 unspecified atom stereocenters. The predicted octanol–water partition coefficient (Wildman–Crippen LogP) is 0.487. The van der Waals surface area contributed by atoms with Gasteiger partial charge in [-0.25, -0.2) is 8.42 Å². The number of para-hydroxylation sites is 1. The van der Waals surface area contributed by atoms with Gasteiger partial charge in [0.15, 0.2) is 9.84 Å². The Bertz CT molecular complexity index is 579. The van der Waals surface area contributed by atoms with Crippen LogP contribution in [0.3, 0.4) is 0 Å². The lowest BCUT2D eigenvalue weighted by Crippen LogP contribution is -2.16. The first-order valence-electron chi connectivity index (χ1n) is 4.61. The van der Waals surface area contributed by atoms with E-state index in [0.29, 0.717) is 0 Å². The van der Waals surface area contributed by atoms with Crippen LogP contribution in [0.25, 0.3) is 0 Å². The van der Waals surface area contributed by atoms with Crippen LogP contribution >= 0.6 is 0 Å². The second-order valence-electron chi connectivity index (χ2n) is 3.18. The SMILES string of the molecule is CCS(=O)(=O)c1cccc(C(N)=O)c1[N+](=O)[O-]. The van der Waals surface area contributed by atoms with Crippen molar-refractivity contribution in [3.63, 3.8) is 0 Å². The molecular weight excluding hydrogens is 248 g/mol. The Labute approximate surface area is 97.3 Å². The van der Waals surface area contributed by atoms with Crippen LogP contribution < -0.4 is 5.73 Å². The first-order valence-corrected chi connectivity index (χ1v) is 6.26. The second-order valence-corrected chi connectivity index (χ2v) is 5.42. The van der Waals surface area contributed by atoms with Crippen molar-refractivity contribution in [1.82, 2.24) is 0 Å². The van der Waals surface area contributed by atoms with Gasteiger partial charge in [0.1, 0.15) is 10.5 Å². The standard InChI is InChI=1S/C9H10N2O5S/c1-2-17(15,16)7-5-3-4-6(9(10)12)8(7)11(13)14/h3-5H,2H2,1H3,(H2,10,12). The second kappa shape index (κ2) is 4.50. The van der Waals surface area contributed by atoms with Gasteiger partial charge in [0.25, 0.3) is 5.91 Å². The number of rotatable bonds is 4. The molecule has 1 aromatic carbocycles. The molecule has 1 aromatic rings. The van der Waals surface area contributed by atoms with Crippen LogP contribution in [0, 0.1) is 10.1 Å². The van der Waals surface area contributed by atoms with E-state index in [1.807, 2.05) is 0 Å². The quantitative estimate of drug-likeness (QED) is 0.622. The van der Waals surface area contributed by atoms with Crippen LogP contribution in [0.15, 0.2) is 23.1 Å². The molecule has 0 aliphatic rings. The number of sulfone groups is 1. The van der Waals surface area contributed by atoms with Crippen LogP contribution in [0.2, 0.25) is 0 Å². The van der Waals surface area contributed by atoms with Crippen molar-refractivity contribution in [2.45, 2.75) is 11.8 Å². The van der Waals surface area contributed by atoms with Crippen molar-refractivity contribution in [3.05, 3.63) is 33.9 Å². The molecule has 0 saturated heterocycles. The normalized spacial score (nSPS) is 11.1. The van der Waals surface area contributed by atoms with Crippen molar-refractivity contribution >= 4 is 21.4 Å². The fourth-order valence-electron chi connectivity index (χ4n) is 1.32. The number of primary amides is 1. The van der Waals surface area contributed by atoms with Crippen LogP contribution in [0.5, 0.6) is 0 Å². The molecule has 92 valence electrons. The molecule has 0 aromatic heterocycles. The van der Waals surface area contributed by atoms with Crippen molar-refractivity contribution in [2.24, 2.45) is 5.73 Å². The number of nitrogens with zero attached hydrogens (tertiary/aromatic N) is 1. The summed E-state index contributed by atoms with van der Waals surface area (Å²) in [5.41, 5.74) is 3.79. The lowest BCUT2D eigenvalue weighted by Gasteiger charge is -2.05. The molecule has 0 spiro atoms. The number of benzene rings is 1. The molecule has 2 N–H and O–H groups in total. The number of carbonyl (C=O) groups is 1. The lowest BCUT2D eigenvalue weighted by molar-refractivity contribution is -0.388. The van der Waals surface area contributed by atoms with E-state index in [2.05, 4.69) is 0 Å². The minimum Gasteiger partial charge on any atom is -0.365 e. The maximum atomic E-state index is 11.6. The minimum atomic E-state index is -3.78. The van der Waals surface area contributed by atoms with Crippen molar-refractivity contribution in [2.75, 3.05) is 5.75 Å². The molecular formula is C9H10N2O5S. The average Bonchev–Trinajstić information content (AvgIpc) is 2.27. The van der Waals surface area contributed by atoms with Gasteiger partial charge in [0, 0.05) is 0 Å². The fourth-order valence-corrected chi connectivity index (χ4v) is 2.39. The molecule has 8 heteroatoms. The van der Waals surface area contributed by atoms with Crippen molar-refractivity contribution < 1.29 is 18.1 Å². The van der Waals surface area contributed by atoms with Gasteiger partial charge < -0.3 is 5.73 Å². The number of amides is 1. The zero-order valence-electron chi connectivity index (χ0n) is 8.91. The Balaban J connectivity index is 3.69. The van der Waals surface area contributed by atoms with Crippen molar-refractivity contribution in [1.29, 1.82) is 0 Å². The summed E-state index contributed by atoms with van der Waals surface area (Å²) in [5.74, 6) is -1.33. The van der Waals surface area contributed by atoms with Crippen LogP contribution in [-0.2, 0) is 9.84 Å². The van der Waals surface area contributed by atoms with Gasteiger partial charge in [-0.2, -0.15) is 0 Å². The molecule has 0 atom stereocenters. The molecule has 0 radical (unpaired) electrons. The highest BCUT2D eigenvalue weighted by Gasteiger charge is 2.29. The molecule has 0 aliphatic heterocycles. The Morgan fingerprint density at radius 2 is 2.06 bits per heavy atom. The van der Waals surface area contributed by atoms with E-state index in [1.165, 1.54) is 13.0 Å². The predicted molar refractivity (Wildman–Crippen MR) is 59.3 cm³/mol. The van der Waals surface area contributed by atoms with Gasteiger partial charge in [-0.1, -0.05) is 13.0 Å². The molecule has 0 bridgehead atoms. The molecule has 7 nitrogen and oxygen atoms in total. The largest absolute Gasteiger partial charge is 0.365 e. The minimum absolute atomic E-state index is 0.296. The number of hydrogen-bond acceptors (Lipinski definition) is 5. The van der Waals surface area contributed by atoms with E-state index in [4.69, 9.17) is 5.73 Å². The van der Waals surface area contributed by atoms with Crippen molar-refractivity contribution in [3.8, 4) is 0 Å². The van der Waals surface area contributed by atoms with E-state index in [9.17, 15) is 23.3 Å². The molecule has 1 rings (SSSR count). The van der Waals surface area contributed by atoms with Crippen LogP contribution in [0.4, 0.5) is 5.69 Å². The van der Waals surface area contributed by atoms with Gasteiger partial charge in [-0.05, 0) is 12.1 Å². The van der Waals surface area contributed by atoms with Crippen LogP contribution in [0.1, 0.15) is 17.3 Å². The average molecular weight is 258 g/mol. The summed E-state index contributed by atoms with van der Waals surface area (Å²) in [6, 6.07) is 3.45. The van der Waals surface area contributed by atoms with Gasteiger partial charge >= 0.3 is 5.69 Å². The fraction of sp³-hybridized carbons (Fsp3) is 0.222. The Hall–Kier alpha value is -1.96. The van der Waals surface area contributed by atoms with Gasteiger partial charge in [-0.15, -0.1) is 0 Å². The number of hydrogen-bond donors (Lipinski definition) is 1. The maximum Gasteiger partial charge on any atom is 0.300 e. The third-order valence-electron chi connectivity index (χ3n) is 2.16. The summed E-state index contributed by atoms with van der Waals surface area (Å²) in [5, 5.41) is 10.8. The summed E-state index contributed by atoms with van der Waals surface area (Å²) in [6.45, 7) is 1.36. The van der Waals surface area contributed by atoms with E-state index >= 15 is 0 Å². The summed E-state index contributed by atoms with van der Waals surface area (Å²) in [6.07, 6.45) is 0. The molecule has 0 saturated carbocycles. The molecule has 0 fully saturated rings. The number of nitro benzene ring substituents is 1. The highest BCUT2D eigenvalue weighted by molar-refractivity contribution is 7.91. The molecule has 17 heavy (non-hydrogen) atoms. The molecule has 0 heterocycles. The highest BCUT2D eigenvalue weighted by atomic mass is 32.2. The Morgan fingerprint density at radius 1 is 1.47 bits per heavy atom. The van der Waals surface area contributed by atoms with E-state index in [1.54, 1.807) is 0 Å². The third kappa shape index (κ3) is 2.41. The number of nitro groups is 1. The first kappa shape index (κ1) is 13.1. The summed E-state index contributed by atoms with van der Waals surface area (Å²) >= 11 is 0. The van der Waals surface area contributed by atoms with Gasteiger partial charge in [0.2, 0.25) is 0 Å². The number of carbonyl (C=O) groups excluding carboxylic acids is 1. The first-order chi connectivity index (χ1) is 7.81. The molecule has 0 aliphatic carbocycles.